The molecule has 1 unspecified atom stereocenters. The molecule has 0 bridgehead atoms. The molecule has 0 aromatic carbocycles. The Morgan fingerprint density at radius 3 is 2.07 bits per heavy atom. The number of nitrogens with one attached hydrogen (secondary N) is 1. The number of ether oxygens (including phenoxy) is 1. The van der Waals surface area contributed by atoms with Crippen LogP contribution in [0, 0.1) is 11.3 Å². The van der Waals surface area contributed by atoms with Gasteiger partial charge in [-0.15, -0.1) is 0 Å². The zero-order valence-corrected chi connectivity index (χ0v) is 10.9. The van der Waals surface area contributed by atoms with Gasteiger partial charge in [0.25, 0.3) is 0 Å². The van der Waals surface area contributed by atoms with Crippen LogP contribution in [0.5, 0.6) is 0 Å². The average molecular weight is 215 g/mol. The number of rotatable bonds is 2. The van der Waals surface area contributed by atoms with Crippen LogP contribution in [0.1, 0.15) is 41.5 Å². The molecule has 0 aliphatic carbocycles. The Hall–Kier alpha value is -0.570. The highest BCUT2D eigenvalue weighted by atomic mass is 16.5. The Kier molecular flexibility index (Phi) is 5.88. The number of carbonyl (C=O) groups is 1. The molecule has 1 fully saturated rings. The zero-order chi connectivity index (χ0) is 12.1. The summed E-state index contributed by atoms with van der Waals surface area (Å²) in [6.45, 7) is 13.6. The van der Waals surface area contributed by atoms with Crippen molar-refractivity contribution in [1.82, 2.24) is 5.32 Å². The lowest BCUT2D eigenvalue weighted by Gasteiger charge is -2.32. The lowest BCUT2D eigenvalue weighted by atomic mass is 9.87. The molecule has 0 spiro atoms. The van der Waals surface area contributed by atoms with E-state index in [2.05, 4.69) is 26.1 Å². The van der Waals surface area contributed by atoms with E-state index < -0.39 is 0 Å². The first-order valence-corrected chi connectivity index (χ1v) is 5.79. The van der Waals surface area contributed by atoms with Crippen molar-refractivity contribution in [3.63, 3.8) is 0 Å². The third-order valence-corrected chi connectivity index (χ3v) is 2.67. The molecule has 1 atom stereocenters. The number of hydrogen-bond acceptors (Lipinski definition) is 2. The van der Waals surface area contributed by atoms with Crippen LogP contribution in [0.4, 0.5) is 0 Å². The summed E-state index contributed by atoms with van der Waals surface area (Å²) in [5, 5.41) is 3.00. The van der Waals surface area contributed by atoms with Crippen molar-refractivity contribution in [2.75, 3.05) is 13.2 Å². The Balaban J connectivity index is 0.000000921. The van der Waals surface area contributed by atoms with Crippen LogP contribution in [0.15, 0.2) is 0 Å². The van der Waals surface area contributed by atoms with Crippen molar-refractivity contribution >= 4 is 5.91 Å². The first kappa shape index (κ1) is 14.4. The maximum absolute atomic E-state index is 11.5. The van der Waals surface area contributed by atoms with Crippen LogP contribution in [-0.2, 0) is 9.53 Å². The highest BCUT2D eigenvalue weighted by molar-refractivity contribution is 5.79. The highest BCUT2D eigenvalue weighted by Crippen LogP contribution is 2.19. The summed E-state index contributed by atoms with van der Waals surface area (Å²) in [5.41, 5.74) is 0.125. The molecular weight excluding hydrogens is 190 g/mol. The largest absolute Gasteiger partial charge is 0.380 e. The number of hydrogen-bond donors (Lipinski definition) is 1. The molecule has 90 valence electrons. The van der Waals surface area contributed by atoms with Crippen molar-refractivity contribution in [2.24, 2.45) is 11.3 Å². The molecule has 0 aromatic heterocycles. The van der Waals surface area contributed by atoms with Crippen molar-refractivity contribution < 1.29 is 9.53 Å². The molecule has 0 saturated carbocycles. The Bertz CT molecular complexity index is 192. The van der Waals surface area contributed by atoms with Crippen molar-refractivity contribution in [3.05, 3.63) is 0 Å². The van der Waals surface area contributed by atoms with Gasteiger partial charge in [0.05, 0.1) is 19.1 Å². The van der Waals surface area contributed by atoms with E-state index in [0.717, 1.165) is 0 Å². The second kappa shape index (κ2) is 6.11. The summed E-state index contributed by atoms with van der Waals surface area (Å²) in [5.74, 6) is 0.221. The third-order valence-electron chi connectivity index (χ3n) is 2.67. The summed E-state index contributed by atoms with van der Waals surface area (Å²) < 4.78 is 4.96. The van der Waals surface area contributed by atoms with Crippen molar-refractivity contribution in [1.29, 1.82) is 0 Å². The first-order valence-electron chi connectivity index (χ1n) is 5.79. The standard InChI is InChI=1S/C10H19NO2.C2H6/c1-7(10(2,3)4)11-9(12)8-5-13-6-8;1-2/h7-8H,5-6H2,1-4H3,(H,11,12);1-2H3. The van der Waals surface area contributed by atoms with Crippen molar-refractivity contribution in [2.45, 2.75) is 47.6 Å². The zero-order valence-electron chi connectivity index (χ0n) is 10.9. The quantitative estimate of drug-likeness (QED) is 0.767. The second-order valence-corrected chi connectivity index (χ2v) is 4.83. The molecule has 1 saturated heterocycles. The summed E-state index contributed by atoms with van der Waals surface area (Å²) >= 11 is 0. The van der Waals surface area contributed by atoms with Gasteiger partial charge in [-0.25, -0.2) is 0 Å². The summed E-state index contributed by atoms with van der Waals surface area (Å²) in [4.78, 5) is 11.5. The van der Waals surface area contributed by atoms with E-state index >= 15 is 0 Å². The van der Waals surface area contributed by atoms with Crippen LogP contribution < -0.4 is 5.32 Å². The summed E-state index contributed by atoms with van der Waals surface area (Å²) in [6.07, 6.45) is 0. The van der Waals surface area contributed by atoms with E-state index in [9.17, 15) is 4.79 Å². The monoisotopic (exact) mass is 215 g/mol. The van der Waals surface area contributed by atoms with Gasteiger partial charge in [-0.1, -0.05) is 34.6 Å². The van der Waals surface area contributed by atoms with E-state index in [4.69, 9.17) is 4.74 Å². The highest BCUT2D eigenvalue weighted by Gasteiger charge is 2.29. The SMILES string of the molecule is CC.CC(NC(=O)C1COC1)C(C)(C)C. The predicted molar refractivity (Wildman–Crippen MR) is 62.7 cm³/mol. The maximum atomic E-state index is 11.5. The molecular formula is C12H25NO2. The van der Waals surface area contributed by atoms with Gasteiger partial charge in [0.15, 0.2) is 0 Å². The molecule has 1 amide bonds. The predicted octanol–water partition coefficient (Wildman–Crippen LogP) is 2.21. The van der Waals surface area contributed by atoms with Crippen molar-refractivity contribution in [3.8, 4) is 0 Å². The first-order chi connectivity index (χ1) is 6.91. The minimum Gasteiger partial charge on any atom is -0.380 e. The fraction of sp³-hybridized carbons (Fsp3) is 0.917. The average Bonchev–Trinajstić information content (AvgIpc) is 2.02. The van der Waals surface area contributed by atoms with Crippen LogP contribution in [0.3, 0.4) is 0 Å². The van der Waals surface area contributed by atoms with E-state index in [0.29, 0.717) is 13.2 Å². The van der Waals surface area contributed by atoms with Gasteiger partial charge in [-0.2, -0.15) is 0 Å². The van der Waals surface area contributed by atoms with E-state index in [1.54, 1.807) is 0 Å². The maximum Gasteiger partial charge on any atom is 0.228 e. The van der Waals surface area contributed by atoms with E-state index in [1.807, 2.05) is 20.8 Å². The molecule has 0 aromatic rings. The smallest absolute Gasteiger partial charge is 0.228 e. The topological polar surface area (TPSA) is 38.3 Å². The molecule has 1 aliphatic heterocycles. The van der Waals surface area contributed by atoms with Gasteiger partial charge >= 0.3 is 0 Å². The molecule has 15 heavy (non-hydrogen) atoms. The minimum atomic E-state index is 0.0878. The summed E-state index contributed by atoms with van der Waals surface area (Å²) in [7, 11) is 0. The van der Waals surface area contributed by atoms with Gasteiger partial charge in [0.1, 0.15) is 0 Å². The van der Waals surface area contributed by atoms with E-state index in [1.165, 1.54) is 0 Å². The molecule has 1 heterocycles. The molecule has 1 N–H and O–H groups in total. The normalized spacial score (nSPS) is 18.3. The second-order valence-electron chi connectivity index (χ2n) is 4.83. The van der Waals surface area contributed by atoms with Crippen LogP contribution in [0.2, 0.25) is 0 Å². The Morgan fingerprint density at radius 1 is 1.33 bits per heavy atom. The van der Waals surface area contributed by atoms with Crippen LogP contribution in [0.25, 0.3) is 0 Å². The molecule has 1 rings (SSSR count). The fourth-order valence-corrected chi connectivity index (χ4v) is 0.935. The van der Waals surface area contributed by atoms with Crippen LogP contribution >= 0.6 is 0 Å². The minimum absolute atomic E-state index is 0.0878. The number of carbonyl (C=O) groups excluding carboxylic acids is 1. The lowest BCUT2D eigenvalue weighted by Crippen LogP contribution is -2.49. The lowest BCUT2D eigenvalue weighted by molar-refractivity contribution is -0.140. The van der Waals surface area contributed by atoms with Gasteiger partial charge in [-0.3, -0.25) is 4.79 Å². The molecule has 3 heteroatoms. The molecule has 0 radical (unpaired) electrons. The van der Waals surface area contributed by atoms with Gasteiger partial charge in [0.2, 0.25) is 5.91 Å². The van der Waals surface area contributed by atoms with Gasteiger partial charge in [-0.05, 0) is 12.3 Å². The Labute approximate surface area is 93.6 Å². The molecule has 3 nitrogen and oxygen atoms in total. The molecule has 1 aliphatic rings. The third kappa shape index (κ3) is 4.65. The number of amides is 1. The summed E-state index contributed by atoms with van der Waals surface area (Å²) in [6, 6.07) is 0.209. The van der Waals surface area contributed by atoms with E-state index in [-0.39, 0.29) is 23.3 Å². The van der Waals surface area contributed by atoms with Gasteiger partial charge < -0.3 is 10.1 Å². The van der Waals surface area contributed by atoms with Gasteiger partial charge in [0, 0.05) is 6.04 Å². The fourth-order valence-electron chi connectivity index (χ4n) is 0.935. The van der Waals surface area contributed by atoms with Crippen LogP contribution in [-0.4, -0.2) is 25.2 Å². The Morgan fingerprint density at radius 2 is 1.80 bits per heavy atom.